The van der Waals surface area contributed by atoms with E-state index in [9.17, 15) is 9.59 Å². The van der Waals surface area contributed by atoms with Gasteiger partial charge in [0.05, 0.1) is 31.5 Å². The number of urea groups is 1. The number of methoxy groups -OCH3 is 2. The molecule has 3 aromatic carbocycles. The van der Waals surface area contributed by atoms with Gasteiger partial charge in [-0.25, -0.2) is 9.59 Å². The Morgan fingerprint density at radius 1 is 1.03 bits per heavy atom. The van der Waals surface area contributed by atoms with Crippen molar-refractivity contribution in [1.82, 2.24) is 9.88 Å². The molecule has 1 aromatic heterocycles. The Morgan fingerprint density at radius 2 is 1.76 bits per heavy atom. The molecule has 0 spiro atoms. The van der Waals surface area contributed by atoms with Crippen LogP contribution in [0.25, 0.3) is 10.9 Å². The second-order valence-electron chi connectivity index (χ2n) is 8.29. The first-order valence-corrected chi connectivity index (χ1v) is 12.6. The van der Waals surface area contributed by atoms with E-state index in [1.165, 1.54) is 7.11 Å². The number of rotatable bonds is 4. The van der Waals surface area contributed by atoms with Crippen LogP contribution in [0.1, 0.15) is 47.1 Å². The Hall–Kier alpha value is -3.97. The maximum Gasteiger partial charge on any atom is 0.339 e. The van der Waals surface area contributed by atoms with Gasteiger partial charge < -0.3 is 24.7 Å². The molecule has 37 heavy (non-hydrogen) atoms. The molecule has 1 aliphatic rings. The normalized spacial score (nSPS) is 14.3. The van der Waals surface area contributed by atoms with Crippen molar-refractivity contribution >= 4 is 40.2 Å². The number of fused-ring (bicyclic) bond motifs is 3. The van der Waals surface area contributed by atoms with Gasteiger partial charge in [-0.2, -0.15) is 0 Å². The lowest BCUT2D eigenvalue weighted by Crippen LogP contribution is -2.43. The van der Waals surface area contributed by atoms with E-state index in [0.29, 0.717) is 29.2 Å². The van der Waals surface area contributed by atoms with Crippen molar-refractivity contribution in [3.63, 3.8) is 0 Å². The van der Waals surface area contributed by atoms with Crippen molar-refractivity contribution < 1.29 is 19.1 Å². The number of anilines is 1. The largest absolute Gasteiger partial charge is 0.497 e. The van der Waals surface area contributed by atoms with Gasteiger partial charge in [0.25, 0.3) is 0 Å². The number of para-hydroxylation sites is 1. The smallest absolute Gasteiger partial charge is 0.339 e. The average Bonchev–Trinajstić information content (AvgIpc) is 3.31. The molecule has 2 heterocycles. The lowest BCUT2D eigenvalue weighted by atomic mass is 9.92. The Balaban J connectivity index is 0.00000156. The molecule has 1 aliphatic heterocycles. The summed E-state index contributed by atoms with van der Waals surface area (Å²) in [6, 6.07) is 19.6. The van der Waals surface area contributed by atoms with E-state index in [1.54, 1.807) is 36.3 Å². The highest BCUT2D eigenvalue weighted by Crippen LogP contribution is 2.40. The van der Waals surface area contributed by atoms with Crippen LogP contribution in [0.15, 0.2) is 66.7 Å². The highest BCUT2D eigenvalue weighted by Gasteiger charge is 2.35. The monoisotopic (exact) mass is 519 g/mol. The highest BCUT2D eigenvalue weighted by atomic mass is 35.5. The third-order valence-corrected chi connectivity index (χ3v) is 6.59. The quantitative estimate of drug-likeness (QED) is 0.290. The number of esters is 1. The number of amides is 2. The molecule has 0 radical (unpaired) electrons. The number of H-pyrrole nitrogens is 1. The Bertz CT molecular complexity index is 1410. The molecule has 2 amide bonds. The maximum atomic E-state index is 13.6. The summed E-state index contributed by atoms with van der Waals surface area (Å²) < 4.78 is 10.2. The maximum absolute atomic E-state index is 13.6. The van der Waals surface area contributed by atoms with E-state index in [-0.39, 0.29) is 12.1 Å². The number of aromatic nitrogens is 1. The van der Waals surface area contributed by atoms with E-state index < -0.39 is 5.97 Å². The minimum atomic E-state index is -0.513. The molecule has 0 bridgehead atoms. The van der Waals surface area contributed by atoms with Crippen LogP contribution in [-0.2, 0) is 11.2 Å². The van der Waals surface area contributed by atoms with Crippen LogP contribution in [0.2, 0.25) is 5.02 Å². The molecule has 0 saturated heterocycles. The number of carbonyl (C=O) groups excluding carboxylic acids is 2. The van der Waals surface area contributed by atoms with E-state index in [1.807, 2.05) is 56.3 Å². The summed E-state index contributed by atoms with van der Waals surface area (Å²) in [5, 5.41) is 4.64. The van der Waals surface area contributed by atoms with Gasteiger partial charge >= 0.3 is 12.0 Å². The standard InChI is InChI=1S/C27H24ClN3O4.C2H6/c1-34-18-10-7-16(8-11-18)25-24-19(21-15-17(28)9-12-23(21)29-24)13-14-31(25)27(33)30-22-6-4-3-5-20(22)26(32)35-2;1-2/h3-12,15,25,29H,13-14H2,1-2H3,(H,30,33);1-2H3. The van der Waals surface area contributed by atoms with Gasteiger partial charge in [0.1, 0.15) is 5.75 Å². The predicted molar refractivity (Wildman–Crippen MR) is 147 cm³/mol. The average molecular weight is 520 g/mol. The number of nitrogens with one attached hydrogen (secondary N) is 2. The van der Waals surface area contributed by atoms with Crippen LogP contribution in [0, 0.1) is 0 Å². The van der Waals surface area contributed by atoms with E-state index >= 15 is 0 Å². The molecule has 8 heteroatoms. The molecule has 1 atom stereocenters. The topological polar surface area (TPSA) is 83.7 Å². The van der Waals surface area contributed by atoms with Gasteiger partial charge in [-0.1, -0.05) is 49.7 Å². The second-order valence-corrected chi connectivity index (χ2v) is 8.73. The number of hydrogen-bond donors (Lipinski definition) is 2. The lowest BCUT2D eigenvalue weighted by molar-refractivity contribution is 0.0602. The summed E-state index contributed by atoms with van der Waals surface area (Å²) in [6.45, 7) is 4.48. The number of halogens is 1. The summed E-state index contributed by atoms with van der Waals surface area (Å²) in [4.78, 5) is 31.1. The van der Waals surface area contributed by atoms with Gasteiger partial charge in [0, 0.05) is 28.2 Å². The summed E-state index contributed by atoms with van der Waals surface area (Å²) in [5.74, 6) is 0.220. The SMILES string of the molecule is CC.COC(=O)c1ccccc1NC(=O)N1CCc2c([nH]c3ccc(Cl)cc23)C1c1ccc(OC)cc1. The molecular formula is C29H30ClN3O4. The summed E-state index contributed by atoms with van der Waals surface area (Å²) in [6.07, 6.45) is 0.661. The third-order valence-electron chi connectivity index (χ3n) is 6.36. The summed E-state index contributed by atoms with van der Waals surface area (Å²) in [5.41, 5.74) is 4.67. The van der Waals surface area contributed by atoms with Gasteiger partial charge in [0.2, 0.25) is 0 Å². The first kappa shape index (κ1) is 26.1. The van der Waals surface area contributed by atoms with Crippen molar-refractivity contribution in [2.75, 3.05) is 26.1 Å². The Labute approximate surface area is 221 Å². The molecular weight excluding hydrogens is 490 g/mol. The zero-order valence-electron chi connectivity index (χ0n) is 21.3. The van der Waals surface area contributed by atoms with E-state index in [4.69, 9.17) is 21.1 Å². The van der Waals surface area contributed by atoms with Crippen molar-refractivity contribution in [3.05, 3.63) is 94.1 Å². The van der Waals surface area contributed by atoms with Gasteiger partial charge in [0.15, 0.2) is 0 Å². The van der Waals surface area contributed by atoms with Crippen LogP contribution < -0.4 is 10.1 Å². The molecule has 7 nitrogen and oxygen atoms in total. The fourth-order valence-electron chi connectivity index (χ4n) is 4.68. The van der Waals surface area contributed by atoms with Gasteiger partial charge in [-0.15, -0.1) is 0 Å². The minimum absolute atomic E-state index is 0.294. The van der Waals surface area contributed by atoms with Crippen molar-refractivity contribution in [2.24, 2.45) is 0 Å². The molecule has 0 aliphatic carbocycles. The van der Waals surface area contributed by atoms with Gasteiger partial charge in [-0.3, -0.25) is 0 Å². The van der Waals surface area contributed by atoms with Crippen LogP contribution >= 0.6 is 11.6 Å². The zero-order chi connectivity index (χ0) is 26.5. The zero-order valence-corrected chi connectivity index (χ0v) is 22.1. The van der Waals surface area contributed by atoms with Crippen molar-refractivity contribution in [1.29, 1.82) is 0 Å². The number of ether oxygens (including phenoxy) is 2. The number of aromatic amines is 1. The van der Waals surface area contributed by atoms with Gasteiger partial charge in [-0.05, 0) is 60.0 Å². The van der Waals surface area contributed by atoms with Crippen LogP contribution in [0.3, 0.4) is 0 Å². The first-order chi connectivity index (χ1) is 18.0. The fourth-order valence-corrected chi connectivity index (χ4v) is 4.85. The summed E-state index contributed by atoms with van der Waals surface area (Å²) in [7, 11) is 2.93. The van der Waals surface area contributed by atoms with Crippen molar-refractivity contribution in [2.45, 2.75) is 26.3 Å². The van der Waals surface area contributed by atoms with Crippen LogP contribution in [0.5, 0.6) is 5.75 Å². The third kappa shape index (κ3) is 5.13. The lowest BCUT2D eigenvalue weighted by Gasteiger charge is -2.36. The first-order valence-electron chi connectivity index (χ1n) is 12.2. The van der Waals surface area contributed by atoms with Crippen molar-refractivity contribution in [3.8, 4) is 5.75 Å². The molecule has 192 valence electrons. The number of hydrogen-bond acceptors (Lipinski definition) is 4. The number of carbonyl (C=O) groups is 2. The van der Waals surface area contributed by atoms with Crippen LogP contribution in [-0.4, -0.2) is 42.6 Å². The summed E-state index contributed by atoms with van der Waals surface area (Å²) >= 11 is 6.29. The fraction of sp³-hybridized carbons (Fsp3) is 0.241. The van der Waals surface area contributed by atoms with Crippen LogP contribution in [0.4, 0.5) is 10.5 Å². The molecule has 0 fully saturated rings. The molecule has 5 rings (SSSR count). The molecule has 4 aromatic rings. The Kier molecular flexibility index (Phi) is 8.04. The van der Waals surface area contributed by atoms with E-state index in [0.717, 1.165) is 33.5 Å². The van der Waals surface area contributed by atoms with E-state index in [2.05, 4.69) is 10.3 Å². The second kappa shape index (κ2) is 11.4. The number of nitrogens with zero attached hydrogens (tertiary/aromatic N) is 1. The minimum Gasteiger partial charge on any atom is -0.497 e. The molecule has 0 saturated carbocycles. The molecule has 2 N–H and O–H groups in total. The molecule has 1 unspecified atom stereocenters. The highest BCUT2D eigenvalue weighted by molar-refractivity contribution is 6.31. The Morgan fingerprint density at radius 3 is 2.46 bits per heavy atom. The predicted octanol–water partition coefficient (Wildman–Crippen LogP) is 6.82. The number of benzene rings is 3.